The van der Waals surface area contributed by atoms with Gasteiger partial charge in [-0.15, -0.1) is 0 Å². The largest absolute Gasteiger partial charge is 0.384 e. The van der Waals surface area contributed by atoms with Gasteiger partial charge in [0.25, 0.3) is 5.91 Å². The summed E-state index contributed by atoms with van der Waals surface area (Å²) in [4.78, 5) is 14.8. The molecule has 1 N–H and O–H groups in total. The van der Waals surface area contributed by atoms with E-state index in [4.69, 9.17) is 5.11 Å². The Morgan fingerprint density at radius 1 is 1.43 bits per heavy atom. The molecule has 21 heavy (non-hydrogen) atoms. The Kier molecular flexibility index (Phi) is 5.41. The van der Waals surface area contributed by atoms with Crippen molar-refractivity contribution in [1.29, 1.82) is 0 Å². The number of carbonyl (C=O) groups is 1. The minimum absolute atomic E-state index is 0.0645. The molecule has 0 spiro atoms. The molecule has 1 aromatic rings. The molecule has 0 aliphatic heterocycles. The van der Waals surface area contributed by atoms with Gasteiger partial charge in [0.15, 0.2) is 0 Å². The van der Waals surface area contributed by atoms with Crippen LogP contribution in [0.2, 0.25) is 0 Å². The predicted octanol–water partition coefficient (Wildman–Crippen LogP) is 2.60. The molecular formula is C18H23NO2. The molecule has 1 saturated carbocycles. The van der Waals surface area contributed by atoms with Gasteiger partial charge in [0, 0.05) is 18.7 Å². The van der Waals surface area contributed by atoms with Gasteiger partial charge in [-0.25, -0.2) is 0 Å². The molecule has 3 nitrogen and oxygen atoms in total. The molecule has 0 saturated heterocycles. The second kappa shape index (κ2) is 7.28. The van der Waals surface area contributed by atoms with Crippen LogP contribution in [0.15, 0.2) is 18.2 Å². The van der Waals surface area contributed by atoms with E-state index in [2.05, 4.69) is 18.8 Å². The van der Waals surface area contributed by atoms with Crippen LogP contribution in [0.4, 0.5) is 0 Å². The van der Waals surface area contributed by atoms with Crippen LogP contribution in [0.25, 0.3) is 0 Å². The minimum Gasteiger partial charge on any atom is -0.384 e. The number of aryl methyl sites for hydroxylation is 1. The fourth-order valence-corrected chi connectivity index (χ4v) is 2.41. The summed E-state index contributed by atoms with van der Waals surface area (Å²) in [6.45, 7) is 5.52. The molecule has 0 aromatic heterocycles. The fourth-order valence-electron chi connectivity index (χ4n) is 2.41. The molecule has 0 heterocycles. The Bertz CT molecular complexity index is 564. The zero-order valence-electron chi connectivity index (χ0n) is 12.9. The van der Waals surface area contributed by atoms with Crippen molar-refractivity contribution in [2.24, 2.45) is 5.92 Å². The van der Waals surface area contributed by atoms with Gasteiger partial charge >= 0.3 is 0 Å². The predicted molar refractivity (Wildman–Crippen MR) is 84.1 cm³/mol. The second-order valence-corrected chi connectivity index (χ2v) is 5.70. The van der Waals surface area contributed by atoms with E-state index in [-0.39, 0.29) is 12.5 Å². The topological polar surface area (TPSA) is 40.5 Å². The summed E-state index contributed by atoms with van der Waals surface area (Å²) < 4.78 is 0. The average Bonchev–Trinajstić information content (AvgIpc) is 3.29. The lowest BCUT2D eigenvalue weighted by Crippen LogP contribution is -2.34. The molecule has 1 aliphatic rings. The van der Waals surface area contributed by atoms with Gasteiger partial charge in [0.2, 0.25) is 0 Å². The van der Waals surface area contributed by atoms with Crippen molar-refractivity contribution in [2.45, 2.75) is 33.1 Å². The summed E-state index contributed by atoms with van der Waals surface area (Å²) in [5.74, 6) is 6.27. The highest BCUT2D eigenvalue weighted by atomic mass is 16.2. The van der Waals surface area contributed by atoms with Crippen LogP contribution in [0, 0.1) is 24.7 Å². The molecule has 0 atom stereocenters. The molecule has 1 aromatic carbocycles. The zero-order chi connectivity index (χ0) is 15.2. The monoisotopic (exact) mass is 285 g/mol. The number of nitrogens with zero attached hydrogens (tertiary/aromatic N) is 1. The maximum atomic E-state index is 12.8. The number of hydrogen-bond acceptors (Lipinski definition) is 2. The van der Waals surface area contributed by atoms with Gasteiger partial charge in [0.05, 0.1) is 5.56 Å². The highest BCUT2D eigenvalue weighted by molar-refractivity contribution is 5.97. The molecular weight excluding hydrogens is 262 g/mol. The maximum Gasteiger partial charge on any atom is 0.255 e. The zero-order valence-corrected chi connectivity index (χ0v) is 12.9. The van der Waals surface area contributed by atoms with Crippen LogP contribution in [0.1, 0.15) is 47.7 Å². The Balaban J connectivity index is 2.27. The first kappa shape index (κ1) is 15.6. The second-order valence-electron chi connectivity index (χ2n) is 5.70. The third kappa shape index (κ3) is 4.34. The van der Waals surface area contributed by atoms with Gasteiger partial charge in [0.1, 0.15) is 6.61 Å². The standard InChI is InChI=1S/C18H23NO2/c1-3-10-19(13-15-7-8-15)18(21)17-12-14(2)6-9-16(17)5-4-11-20/h6,9,12,15,20H,3,7-8,10-11,13H2,1-2H3. The van der Waals surface area contributed by atoms with Crippen LogP contribution in [0.3, 0.4) is 0 Å². The summed E-state index contributed by atoms with van der Waals surface area (Å²) >= 11 is 0. The lowest BCUT2D eigenvalue weighted by atomic mass is 10.0. The first-order valence-electron chi connectivity index (χ1n) is 7.65. The quantitative estimate of drug-likeness (QED) is 0.845. The first-order valence-corrected chi connectivity index (χ1v) is 7.65. The summed E-state index contributed by atoms with van der Waals surface area (Å²) in [6, 6.07) is 5.72. The van der Waals surface area contributed by atoms with E-state index in [0.717, 1.165) is 25.1 Å². The number of aliphatic hydroxyl groups is 1. The summed E-state index contributed by atoms with van der Waals surface area (Å²) in [5.41, 5.74) is 2.41. The van der Waals surface area contributed by atoms with E-state index in [1.54, 1.807) is 0 Å². The van der Waals surface area contributed by atoms with Crippen molar-refractivity contribution in [1.82, 2.24) is 4.90 Å². The van der Waals surface area contributed by atoms with Gasteiger partial charge in [-0.05, 0) is 44.2 Å². The smallest absolute Gasteiger partial charge is 0.255 e. The number of hydrogen-bond donors (Lipinski definition) is 1. The van der Waals surface area contributed by atoms with E-state index in [9.17, 15) is 4.79 Å². The van der Waals surface area contributed by atoms with Crippen molar-refractivity contribution in [2.75, 3.05) is 19.7 Å². The van der Waals surface area contributed by atoms with E-state index < -0.39 is 0 Å². The number of aliphatic hydroxyl groups excluding tert-OH is 1. The average molecular weight is 285 g/mol. The molecule has 1 fully saturated rings. The van der Waals surface area contributed by atoms with Gasteiger partial charge < -0.3 is 10.0 Å². The van der Waals surface area contributed by atoms with Gasteiger partial charge in [-0.2, -0.15) is 0 Å². The van der Waals surface area contributed by atoms with E-state index in [0.29, 0.717) is 17.0 Å². The Morgan fingerprint density at radius 3 is 2.81 bits per heavy atom. The highest BCUT2D eigenvalue weighted by Crippen LogP contribution is 2.30. The van der Waals surface area contributed by atoms with Crippen molar-refractivity contribution >= 4 is 5.91 Å². The Hall–Kier alpha value is -1.79. The Labute approximate surface area is 127 Å². The molecule has 0 bridgehead atoms. The SMILES string of the molecule is CCCN(CC1CC1)C(=O)c1cc(C)ccc1C#CCO. The lowest BCUT2D eigenvalue weighted by molar-refractivity contribution is 0.0747. The molecule has 0 unspecified atom stereocenters. The number of rotatable bonds is 5. The van der Waals surface area contributed by atoms with Gasteiger partial charge in [-0.1, -0.05) is 30.4 Å². The first-order chi connectivity index (χ1) is 10.2. The Morgan fingerprint density at radius 2 is 2.19 bits per heavy atom. The van der Waals surface area contributed by atoms with E-state index >= 15 is 0 Å². The number of benzene rings is 1. The van der Waals surface area contributed by atoms with Crippen LogP contribution in [-0.4, -0.2) is 35.6 Å². The molecule has 112 valence electrons. The molecule has 3 heteroatoms. The molecule has 1 aliphatic carbocycles. The summed E-state index contributed by atoms with van der Waals surface area (Å²) in [7, 11) is 0. The third-order valence-electron chi connectivity index (χ3n) is 3.66. The van der Waals surface area contributed by atoms with Crippen LogP contribution in [-0.2, 0) is 0 Å². The van der Waals surface area contributed by atoms with Crippen LogP contribution < -0.4 is 0 Å². The van der Waals surface area contributed by atoms with Gasteiger partial charge in [-0.3, -0.25) is 4.79 Å². The van der Waals surface area contributed by atoms with E-state index in [1.165, 1.54) is 12.8 Å². The van der Waals surface area contributed by atoms with Crippen molar-refractivity contribution in [3.05, 3.63) is 34.9 Å². The maximum absolute atomic E-state index is 12.8. The summed E-state index contributed by atoms with van der Waals surface area (Å²) in [6.07, 6.45) is 3.43. The minimum atomic E-state index is -0.192. The molecule has 2 rings (SSSR count). The van der Waals surface area contributed by atoms with Crippen LogP contribution >= 0.6 is 0 Å². The number of carbonyl (C=O) groups excluding carboxylic acids is 1. The normalized spacial score (nSPS) is 13.5. The van der Waals surface area contributed by atoms with Crippen molar-refractivity contribution in [3.8, 4) is 11.8 Å². The third-order valence-corrected chi connectivity index (χ3v) is 3.66. The molecule has 1 amide bonds. The van der Waals surface area contributed by atoms with Crippen molar-refractivity contribution in [3.63, 3.8) is 0 Å². The van der Waals surface area contributed by atoms with Crippen molar-refractivity contribution < 1.29 is 9.90 Å². The molecule has 0 radical (unpaired) electrons. The number of amides is 1. The van der Waals surface area contributed by atoms with Crippen LogP contribution in [0.5, 0.6) is 0 Å². The van der Waals surface area contributed by atoms with E-state index in [1.807, 2.05) is 30.0 Å². The summed E-state index contributed by atoms with van der Waals surface area (Å²) in [5, 5.41) is 8.86. The lowest BCUT2D eigenvalue weighted by Gasteiger charge is -2.23. The highest BCUT2D eigenvalue weighted by Gasteiger charge is 2.27. The fraction of sp³-hybridized carbons (Fsp3) is 0.500.